The summed E-state index contributed by atoms with van der Waals surface area (Å²) in [5.74, 6) is 3.13. The van der Waals surface area contributed by atoms with E-state index in [9.17, 15) is 0 Å². The third-order valence-electron chi connectivity index (χ3n) is 4.18. The third kappa shape index (κ3) is 3.41. The summed E-state index contributed by atoms with van der Waals surface area (Å²) >= 11 is 6.44. The van der Waals surface area contributed by atoms with Crippen molar-refractivity contribution in [1.29, 1.82) is 0 Å². The molecule has 0 aliphatic carbocycles. The van der Waals surface area contributed by atoms with E-state index in [0.29, 0.717) is 28.0 Å². The van der Waals surface area contributed by atoms with Gasteiger partial charge in [-0.05, 0) is 42.5 Å². The van der Waals surface area contributed by atoms with Crippen molar-refractivity contribution >= 4 is 22.6 Å². The van der Waals surface area contributed by atoms with Crippen molar-refractivity contribution in [2.75, 3.05) is 14.2 Å². The Morgan fingerprint density at radius 2 is 1.63 bits per heavy atom. The molecule has 0 aliphatic heterocycles. The smallest absolute Gasteiger partial charge is 0.164 e. The summed E-state index contributed by atoms with van der Waals surface area (Å²) in [4.78, 5) is 7.89. The molecule has 5 nitrogen and oxygen atoms in total. The van der Waals surface area contributed by atoms with Crippen LogP contribution in [0.15, 0.2) is 60.7 Å². The molecule has 0 amide bonds. The average molecular weight is 381 g/mol. The molecule has 0 aliphatic rings. The molecule has 0 bridgehead atoms. The fraction of sp³-hybridized carbons (Fsp3) is 0.0952. The fourth-order valence-corrected chi connectivity index (χ4v) is 3.05. The van der Waals surface area contributed by atoms with Gasteiger partial charge in [0.25, 0.3) is 0 Å². The second-order valence-corrected chi connectivity index (χ2v) is 6.27. The number of rotatable bonds is 5. The van der Waals surface area contributed by atoms with Crippen molar-refractivity contribution in [3.63, 3.8) is 0 Å². The molecule has 0 unspecified atom stereocenters. The topological polar surface area (TPSA) is 56.4 Å². The predicted molar refractivity (Wildman–Crippen MR) is 106 cm³/mol. The molecule has 0 atom stereocenters. The Bertz CT molecular complexity index is 1070. The van der Waals surface area contributed by atoms with Gasteiger partial charge in [0.1, 0.15) is 17.3 Å². The number of methoxy groups -OCH3 is 2. The van der Waals surface area contributed by atoms with E-state index in [2.05, 4.69) is 9.97 Å². The summed E-state index contributed by atoms with van der Waals surface area (Å²) in [6.07, 6.45) is 0. The van der Waals surface area contributed by atoms with Gasteiger partial charge in [-0.15, -0.1) is 0 Å². The minimum absolute atomic E-state index is 0.489. The van der Waals surface area contributed by atoms with Crippen LogP contribution < -0.4 is 14.2 Å². The minimum Gasteiger partial charge on any atom is -0.493 e. The lowest BCUT2D eigenvalue weighted by molar-refractivity contribution is 0.352. The highest BCUT2D eigenvalue weighted by atomic mass is 35.5. The van der Waals surface area contributed by atoms with Gasteiger partial charge in [-0.1, -0.05) is 23.7 Å². The number of fused-ring (bicyclic) bond motifs is 1. The average Bonchev–Trinajstić information content (AvgIpc) is 3.13. The molecule has 1 heterocycles. The highest BCUT2D eigenvalue weighted by Crippen LogP contribution is 2.36. The molecule has 4 rings (SSSR count). The lowest BCUT2D eigenvalue weighted by Gasteiger charge is -2.12. The summed E-state index contributed by atoms with van der Waals surface area (Å²) in [5.41, 5.74) is 2.78. The lowest BCUT2D eigenvalue weighted by atomic mass is 10.2. The molecule has 0 saturated carbocycles. The summed E-state index contributed by atoms with van der Waals surface area (Å²) < 4.78 is 16.4. The zero-order valence-corrected chi connectivity index (χ0v) is 15.6. The lowest BCUT2D eigenvalue weighted by Crippen LogP contribution is -1.92. The van der Waals surface area contributed by atoms with Gasteiger partial charge in [-0.2, -0.15) is 0 Å². The maximum Gasteiger partial charge on any atom is 0.164 e. The molecule has 4 aromatic rings. The third-order valence-corrected chi connectivity index (χ3v) is 4.47. The number of aromatic nitrogens is 2. The molecule has 1 N–H and O–H groups in total. The van der Waals surface area contributed by atoms with Crippen LogP contribution in [-0.4, -0.2) is 24.2 Å². The summed E-state index contributed by atoms with van der Waals surface area (Å²) in [6.45, 7) is 0. The second kappa shape index (κ2) is 7.21. The first-order valence-electron chi connectivity index (χ1n) is 8.32. The van der Waals surface area contributed by atoms with Crippen molar-refractivity contribution in [2.45, 2.75) is 0 Å². The maximum atomic E-state index is 6.44. The Hall–Kier alpha value is -3.18. The molecular weight excluding hydrogens is 364 g/mol. The zero-order valence-electron chi connectivity index (χ0n) is 14.8. The Morgan fingerprint density at radius 3 is 2.37 bits per heavy atom. The predicted octanol–water partition coefficient (Wildman–Crippen LogP) is 5.69. The van der Waals surface area contributed by atoms with E-state index in [-0.39, 0.29) is 0 Å². The van der Waals surface area contributed by atoms with E-state index in [1.165, 1.54) is 0 Å². The summed E-state index contributed by atoms with van der Waals surface area (Å²) in [6, 6.07) is 18.8. The van der Waals surface area contributed by atoms with Crippen molar-refractivity contribution in [1.82, 2.24) is 9.97 Å². The van der Waals surface area contributed by atoms with Gasteiger partial charge in [-0.25, -0.2) is 4.98 Å². The molecule has 6 heteroatoms. The summed E-state index contributed by atoms with van der Waals surface area (Å²) in [5, 5.41) is 0.489. The number of para-hydroxylation sites is 2. The van der Waals surface area contributed by atoms with E-state index in [1.54, 1.807) is 32.4 Å². The number of halogens is 1. The van der Waals surface area contributed by atoms with E-state index >= 15 is 0 Å². The molecule has 0 spiro atoms. The van der Waals surface area contributed by atoms with Gasteiger partial charge in [0, 0.05) is 11.6 Å². The van der Waals surface area contributed by atoms with Gasteiger partial charge in [-0.3, -0.25) is 0 Å². The Morgan fingerprint density at radius 1 is 0.852 bits per heavy atom. The number of benzene rings is 3. The van der Waals surface area contributed by atoms with Gasteiger partial charge >= 0.3 is 0 Å². The Balaban J connectivity index is 1.62. The highest BCUT2D eigenvalue weighted by molar-refractivity contribution is 6.32. The monoisotopic (exact) mass is 380 g/mol. The van der Waals surface area contributed by atoms with Crippen LogP contribution in [-0.2, 0) is 0 Å². The number of hydrogen-bond donors (Lipinski definition) is 1. The normalized spacial score (nSPS) is 10.8. The molecule has 3 aromatic carbocycles. The van der Waals surface area contributed by atoms with E-state index in [1.807, 2.05) is 42.5 Å². The number of hydrogen-bond acceptors (Lipinski definition) is 4. The number of H-pyrrole nitrogens is 1. The number of nitrogens with one attached hydrogen (secondary N) is 1. The van der Waals surface area contributed by atoms with Gasteiger partial charge in [0.05, 0.1) is 30.3 Å². The fourth-order valence-electron chi connectivity index (χ4n) is 2.83. The molecule has 136 valence electrons. The Kier molecular flexibility index (Phi) is 4.60. The standard InChI is InChI=1S/C21H17ClN2O3/c1-25-19-10-8-14(12-20(19)26-2)27-18-9-7-13(11-15(18)22)21-23-16-5-3-4-6-17(16)24-21/h3-12H,1-2H3,(H,23,24). The largest absolute Gasteiger partial charge is 0.493 e. The minimum atomic E-state index is 0.489. The maximum absolute atomic E-state index is 6.44. The molecule has 1 aromatic heterocycles. The first-order valence-corrected chi connectivity index (χ1v) is 8.70. The van der Waals surface area contributed by atoms with Crippen LogP contribution >= 0.6 is 11.6 Å². The van der Waals surface area contributed by atoms with Gasteiger partial charge in [0.15, 0.2) is 11.5 Å². The molecule has 0 radical (unpaired) electrons. The molecule has 0 fully saturated rings. The van der Waals surface area contributed by atoms with Crippen LogP contribution in [0.3, 0.4) is 0 Å². The Labute approximate surface area is 161 Å². The number of aromatic amines is 1. The first-order chi connectivity index (χ1) is 13.2. The summed E-state index contributed by atoms with van der Waals surface area (Å²) in [7, 11) is 3.17. The van der Waals surface area contributed by atoms with Crippen molar-refractivity contribution < 1.29 is 14.2 Å². The van der Waals surface area contributed by atoms with Gasteiger partial charge < -0.3 is 19.2 Å². The molecular formula is C21H17ClN2O3. The van der Waals surface area contributed by atoms with Crippen LogP contribution in [0.25, 0.3) is 22.4 Å². The van der Waals surface area contributed by atoms with Crippen molar-refractivity contribution in [3.8, 4) is 34.4 Å². The second-order valence-electron chi connectivity index (χ2n) is 5.87. The SMILES string of the molecule is COc1ccc(Oc2ccc(-c3nc4ccccc4[nH]3)cc2Cl)cc1OC. The van der Waals surface area contributed by atoms with Crippen LogP contribution in [0, 0.1) is 0 Å². The zero-order chi connectivity index (χ0) is 18.8. The van der Waals surface area contributed by atoms with E-state index in [0.717, 1.165) is 22.4 Å². The van der Waals surface area contributed by atoms with Crippen molar-refractivity contribution in [3.05, 3.63) is 65.7 Å². The van der Waals surface area contributed by atoms with E-state index < -0.39 is 0 Å². The highest BCUT2D eigenvalue weighted by Gasteiger charge is 2.11. The van der Waals surface area contributed by atoms with Crippen LogP contribution in [0.4, 0.5) is 0 Å². The van der Waals surface area contributed by atoms with Crippen LogP contribution in [0.5, 0.6) is 23.0 Å². The number of ether oxygens (including phenoxy) is 3. The van der Waals surface area contributed by atoms with Crippen LogP contribution in [0.2, 0.25) is 5.02 Å². The van der Waals surface area contributed by atoms with Gasteiger partial charge in [0.2, 0.25) is 0 Å². The van der Waals surface area contributed by atoms with Crippen molar-refractivity contribution in [2.24, 2.45) is 0 Å². The number of imidazole rings is 1. The first kappa shape index (κ1) is 17.2. The quantitative estimate of drug-likeness (QED) is 0.483. The number of nitrogens with zero attached hydrogens (tertiary/aromatic N) is 1. The molecule has 0 saturated heterocycles. The molecule has 27 heavy (non-hydrogen) atoms. The van der Waals surface area contributed by atoms with E-state index in [4.69, 9.17) is 25.8 Å². The van der Waals surface area contributed by atoms with Crippen LogP contribution in [0.1, 0.15) is 0 Å².